The minimum Gasteiger partial charge on any atom is -0.480 e. The van der Waals surface area contributed by atoms with Gasteiger partial charge in [-0.2, -0.15) is 0 Å². The molecule has 0 bridgehead atoms. The van der Waals surface area contributed by atoms with Crippen LogP contribution in [0.5, 0.6) is 0 Å². The van der Waals surface area contributed by atoms with Crippen LogP contribution >= 0.6 is 0 Å². The molecule has 2 heterocycles. The lowest BCUT2D eigenvalue weighted by Gasteiger charge is -2.22. The molecule has 5 nitrogen and oxygen atoms in total. The fourth-order valence-electron chi connectivity index (χ4n) is 3.40. The van der Waals surface area contributed by atoms with Crippen molar-refractivity contribution in [3.05, 3.63) is 29.8 Å². The number of benzene rings is 1. The second-order valence-corrected chi connectivity index (χ2v) is 6.12. The lowest BCUT2D eigenvalue weighted by molar-refractivity contribution is -0.148. The molecular weight excluding hydrogens is 280 g/mol. The number of carbonyl (C=O) groups excluding carboxylic acids is 1. The van der Waals surface area contributed by atoms with Crippen molar-refractivity contribution < 1.29 is 14.7 Å². The van der Waals surface area contributed by atoms with Gasteiger partial charge in [0.25, 0.3) is 0 Å². The topological polar surface area (TPSA) is 60.9 Å². The SMILES string of the molecule is O=C(O)C1CCCN1C(=O)Cc1ccc(N2CCCC2)cc1. The first-order valence-corrected chi connectivity index (χ1v) is 8.01. The summed E-state index contributed by atoms with van der Waals surface area (Å²) in [5.41, 5.74) is 2.15. The minimum absolute atomic E-state index is 0.0844. The maximum absolute atomic E-state index is 12.3. The fraction of sp³-hybridized carbons (Fsp3) is 0.529. The lowest BCUT2D eigenvalue weighted by Crippen LogP contribution is -2.41. The molecule has 2 aliphatic heterocycles. The van der Waals surface area contributed by atoms with Gasteiger partial charge in [0, 0.05) is 25.3 Å². The van der Waals surface area contributed by atoms with Crippen molar-refractivity contribution >= 4 is 17.6 Å². The number of carboxylic acid groups (broad SMARTS) is 1. The van der Waals surface area contributed by atoms with Crippen molar-refractivity contribution in [3.8, 4) is 0 Å². The Balaban J connectivity index is 1.62. The average molecular weight is 302 g/mol. The molecule has 2 fully saturated rings. The van der Waals surface area contributed by atoms with Crippen LogP contribution < -0.4 is 4.90 Å². The third-order valence-corrected chi connectivity index (χ3v) is 4.62. The van der Waals surface area contributed by atoms with E-state index in [2.05, 4.69) is 17.0 Å². The third-order valence-electron chi connectivity index (χ3n) is 4.62. The van der Waals surface area contributed by atoms with Crippen LogP contribution in [0, 0.1) is 0 Å². The highest BCUT2D eigenvalue weighted by Gasteiger charge is 2.33. The molecule has 2 aliphatic rings. The predicted molar refractivity (Wildman–Crippen MR) is 84.0 cm³/mol. The third kappa shape index (κ3) is 3.08. The van der Waals surface area contributed by atoms with Crippen LogP contribution in [0.1, 0.15) is 31.2 Å². The zero-order valence-electron chi connectivity index (χ0n) is 12.7. The molecule has 0 saturated carbocycles. The number of likely N-dealkylation sites (tertiary alicyclic amines) is 1. The molecule has 0 spiro atoms. The van der Waals surface area contributed by atoms with Gasteiger partial charge in [-0.3, -0.25) is 4.79 Å². The van der Waals surface area contributed by atoms with Crippen LogP contribution in [0.25, 0.3) is 0 Å². The van der Waals surface area contributed by atoms with Gasteiger partial charge in [0.15, 0.2) is 0 Å². The molecule has 1 N–H and O–H groups in total. The van der Waals surface area contributed by atoms with Gasteiger partial charge in [-0.05, 0) is 43.4 Å². The zero-order chi connectivity index (χ0) is 15.5. The molecular formula is C17H22N2O3. The fourth-order valence-corrected chi connectivity index (χ4v) is 3.40. The van der Waals surface area contributed by atoms with E-state index in [1.807, 2.05) is 12.1 Å². The van der Waals surface area contributed by atoms with Gasteiger partial charge in [0.2, 0.25) is 5.91 Å². The van der Waals surface area contributed by atoms with Crippen LogP contribution in [0.2, 0.25) is 0 Å². The van der Waals surface area contributed by atoms with E-state index in [1.165, 1.54) is 23.4 Å². The van der Waals surface area contributed by atoms with Crippen molar-refractivity contribution in [1.29, 1.82) is 0 Å². The molecule has 2 saturated heterocycles. The molecule has 1 amide bonds. The largest absolute Gasteiger partial charge is 0.480 e. The number of hydrogen-bond donors (Lipinski definition) is 1. The molecule has 1 unspecified atom stereocenters. The molecule has 0 aromatic heterocycles. The number of carbonyl (C=O) groups is 2. The lowest BCUT2D eigenvalue weighted by atomic mass is 10.1. The van der Waals surface area contributed by atoms with E-state index in [4.69, 9.17) is 5.11 Å². The predicted octanol–water partition coefficient (Wildman–Crippen LogP) is 1.90. The van der Waals surface area contributed by atoms with Crippen LogP contribution in [0.3, 0.4) is 0 Å². The summed E-state index contributed by atoms with van der Waals surface area (Å²) >= 11 is 0. The molecule has 3 rings (SSSR count). The van der Waals surface area contributed by atoms with Crippen LogP contribution in [-0.2, 0) is 16.0 Å². The Bertz CT molecular complexity index is 550. The number of hydrogen-bond acceptors (Lipinski definition) is 3. The molecule has 22 heavy (non-hydrogen) atoms. The van der Waals surface area contributed by atoms with Crippen molar-refractivity contribution in [2.45, 2.75) is 38.1 Å². The summed E-state index contributed by atoms with van der Waals surface area (Å²) in [6, 6.07) is 7.45. The standard InChI is InChI=1S/C17H22N2O3/c20-16(19-11-3-4-15(19)17(21)22)12-13-5-7-14(8-6-13)18-9-1-2-10-18/h5-8,15H,1-4,9-12H2,(H,21,22). The smallest absolute Gasteiger partial charge is 0.326 e. The first-order chi connectivity index (χ1) is 10.6. The van der Waals surface area contributed by atoms with E-state index < -0.39 is 12.0 Å². The molecule has 5 heteroatoms. The summed E-state index contributed by atoms with van der Waals surface area (Å²) in [6.07, 6.45) is 4.10. The van der Waals surface area contributed by atoms with Gasteiger partial charge in [0.05, 0.1) is 6.42 Å². The Morgan fingerprint density at radius 3 is 2.36 bits per heavy atom. The van der Waals surface area contributed by atoms with Crippen LogP contribution in [0.4, 0.5) is 5.69 Å². The number of nitrogens with zero attached hydrogens (tertiary/aromatic N) is 2. The number of amides is 1. The van der Waals surface area contributed by atoms with E-state index in [0.717, 1.165) is 25.1 Å². The van der Waals surface area contributed by atoms with E-state index in [0.29, 0.717) is 13.0 Å². The summed E-state index contributed by atoms with van der Waals surface area (Å²) in [5.74, 6) is -0.978. The first kappa shape index (κ1) is 14.9. The Labute approximate surface area is 130 Å². The normalized spacial score (nSPS) is 21.4. The second-order valence-electron chi connectivity index (χ2n) is 6.12. The Kier molecular flexibility index (Phi) is 4.32. The maximum atomic E-state index is 12.3. The molecule has 0 aliphatic carbocycles. The van der Waals surface area contributed by atoms with Crippen molar-refractivity contribution in [2.24, 2.45) is 0 Å². The molecule has 1 aromatic carbocycles. The first-order valence-electron chi connectivity index (χ1n) is 8.01. The number of rotatable bonds is 4. The molecule has 0 radical (unpaired) electrons. The van der Waals surface area contributed by atoms with Crippen LogP contribution in [0.15, 0.2) is 24.3 Å². The minimum atomic E-state index is -0.893. The van der Waals surface area contributed by atoms with E-state index in [-0.39, 0.29) is 12.3 Å². The Hall–Kier alpha value is -2.04. The highest BCUT2D eigenvalue weighted by molar-refractivity contribution is 5.85. The summed E-state index contributed by atoms with van der Waals surface area (Å²) in [6.45, 7) is 2.76. The van der Waals surface area contributed by atoms with Gasteiger partial charge >= 0.3 is 5.97 Å². The van der Waals surface area contributed by atoms with Crippen molar-refractivity contribution in [2.75, 3.05) is 24.5 Å². The number of anilines is 1. The van der Waals surface area contributed by atoms with Gasteiger partial charge in [-0.1, -0.05) is 12.1 Å². The molecule has 1 atom stereocenters. The maximum Gasteiger partial charge on any atom is 0.326 e. The Morgan fingerprint density at radius 2 is 1.73 bits per heavy atom. The second kappa shape index (κ2) is 6.38. The highest BCUT2D eigenvalue weighted by atomic mass is 16.4. The number of carboxylic acids is 1. The average Bonchev–Trinajstić information content (AvgIpc) is 3.19. The molecule has 118 valence electrons. The quantitative estimate of drug-likeness (QED) is 0.923. The summed E-state index contributed by atoms with van der Waals surface area (Å²) < 4.78 is 0. The van der Waals surface area contributed by atoms with Crippen molar-refractivity contribution in [1.82, 2.24) is 4.90 Å². The monoisotopic (exact) mass is 302 g/mol. The van der Waals surface area contributed by atoms with Gasteiger partial charge in [-0.15, -0.1) is 0 Å². The van der Waals surface area contributed by atoms with Gasteiger partial charge in [0.1, 0.15) is 6.04 Å². The summed E-state index contributed by atoms with van der Waals surface area (Å²) in [7, 11) is 0. The molecule has 1 aromatic rings. The van der Waals surface area contributed by atoms with E-state index in [1.54, 1.807) is 0 Å². The van der Waals surface area contributed by atoms with Crippen molar-refractivity contribution in [3.63, 3.8) is 0 Å². The highest BCUT2D eigenvalue weighted by Crippen LogP contribution is 2.22. The summed E-state index contributed by atoms with van der Waals surface area (Å²) in [5, 5.41) is 9.16. The van der Waals surface area contributed by atoms with Gasteiger partial charge < -0.3 is 14.9 Å². The zero-order valence-corrected chi connectivity index (χ0v) is 12.7. The van der Waals surface area contributed by atoms with Gasteiger partial charge in [-0.25, -0.2) is 4.79 Å². The van der Waals surface area contributed by atoms with Crippen LogP contribution in [-0.4, -0.2) is 47.6 Å². The van der Waals surface area contributed by atoms with E-state index in [9.17, 15) is 9.59 Å². The summed E-state index contributed by atoms with van der Waals surface area (Å²) in [4.78, 5) is 27.3. The van der Waals surface area contributed by atoms with E-state index >= 15 is 0 Å². The number of aliphatic carboxylic acids is 1. The Morgan fingerprint density at radius 1 is 1.05 bits per heavy atom.